The van der Waals surface area contributed by atoms with Gasteiger partial charge >= 0.3 is 63.2 Å². The Kier molecular flexibility index (Phi) is 65.0. The van der Waals surface area contributed by atoms with Gasteiger partial charge in [-0.3, -0.25) is 0 Å². The molecule has 6 atom stereocenters. The Balaban J connectivity index is -0.0000000444. The summed E-state index contributed by atoms with van der Waals surface area (Å²) in [7, 11) is 0. The molecule has 3 aliphatic carbocycles. The zero-order valence-corrected chi connectivity index (χ0v) is 29.5. The Morgan fingerprint density at radius 1 is 0.357 bits per heavy atom. The first kappa shape index (κ1) is 64.3. The van der Waals surface area contributed by atoms with Crippen molar-refractivity contribution in [3.63, 3.8) is 0 Å². The summed E-state index contributed by atoms with van der Waals surface area (Å²) in [5.41, 5.74) is 33.9. The molecule has 0 radical (unpaired) electrons. The predicted molar refractivity (Wildman–Crippen MR) is 140 cm³/mol. The van der Waals surface area contributed by atoms with Crippen LogP contribution < -0.4 is 34.4 Å². The molecule has 3 rings (SSSR count). The van der Waals surface area contributed by atoms with Crippen LogP contribution in [0.15, 0.2) is 0 Å². The smallest absolute Gasteiger partial charge is 0.870 e. The quantitative estimate of drug-likeness (QED) is 0.130. The fourth-order valence-electron chi connectivity index (χ4n) is 3.56. The second kappa shape index (κ2) is 42.4. The van der Waals surface area contributed by atoms with Crippen LogP contribution in [0.1, 0.15) is 77.0 Å². The third kappa shape index (κ3) is 55.3. The average Bonchev–Trinajstić information content (AvgIpc) is 2.74. The van der Waals surface area contributed by atoms with Crippen LogP contribution in [0.3, 0.4) is 0 Å². The molecule has 3 fully saturated rings. The van der Waals surface area contributed by atoms with Gasteiger partial charge in [-0.25, -0.2) is 0 Å². The maximum absolute atomic E-state index is 8.25. The molecule has 0 amide bonds. The summed E-state index contributed by atoms with van der Waals surface area (Å²) in [4.78, 5) is 24.8. The van der Waals surface area contributed by atoms with Gasteiger partial charge in [0.05, 0.1) is 15.3 Å². The second-order valence-corrected chi connectivity index (χ2v) is 8.51. The third-order valence-corrected chi connectivity index (χ3v) is 5.62. The Morgan fingerprint density at radius 3 is 0.476 bits per heavy atom. The van der Waals surface area contributed by atoms with Crippen LogP contribution in [-0.4, -0.2) is 67.9 Å². The Morgan fingerprint density at radius 2 is 0.429 bits per heavy atom. The fourth-order valence-corrected chi connectivity index (χ4v) is 3.56. The molecular formula is C18H45N9O12Pt3. The summed E-state index contributed by atoms with van der Waals surface area (Å²) in [5.74, 6) is 0. The van der Waals surface area contributed by atoms with Crippen molar-refractivity contribution in [2.24, 2.45) is 34.4 Å². The van der Waals surface area contributed by atoms with Crippen LogP contribution in [0.4, 0.5) is 0 Å². The molecular weight excluding hydrogens is 1120 g/mol. The van der Waals surface area contributed by atoms with Gasteiger partial charge in [-0.15, -0.1) is 0 Å². The molecule has 6 unspecified atom stereocenters. The molecule has 15 N–H and O–H groups in total. The van der Waals surface area contributed by atoms with Gasteiger partial charge in [-0.05, 0) is 38.5 Å². The van der Waals surface area contributed by atoms with Gasteiger partial charge in [0, 0.05) is 36.3 Å². The number of nitrogens with zero attached hydrogens (tertiary/aromatic N) is 3. The third-order valence-electron chi connectivity index (χ3n) is 5.62. The van der Waals surface area contributed by atoms with Crippen molar-refractivity contribution in [1.82, 2.24) is 0 Å². The monoisotopic (exact) mass is 1160 g/mol. The Labute approximate surface area is 287 Å². The minimum absolute atomic E-state index is 0. The molecule has 0 aromatic carbocycles. The van der Waals surface area contributed by atoms with Crippen molar-refractivity contribution < 1.29 is 94.9 Å². The van der Waals surface area contributed by atoms with Crippen LogP contribution >= 0.6 is 0 Å². The van der Waals surface area contributed by atoms with E-state index in [9.17, 15) is 0 Å². The molecule has 0 saturated heterocycles. The Hall–Kier alpha value is -0.695. The van der Waals surface area contributed by atoms with Crippen molar-refractivity contribution >= 4 is 0 Å². The minimum Gasteiger partial charge on any atom is -0.870 e. The molecule has 3 saturated carbocycles. The van der Waals surface area contributed by atoms with E-state index in [1.165, 1.54) is 38.5 Å². The number of nitrogens with two attached hydrogens (primary N) is 6. The summed E-state index contributed by atoms with van der Waals surface area (Å²) in [6.45, 7) is 0. The summed E-state index contributed by atoms with van der Waals surface area (Å²) < 4.78 is 0. The largest absolute Gasteiger partial charge is 2.00 e. The number of hydrogen-bond acceptors (Lipinski definition) is 18. The molecule has 42 heavy (non-hydrogen) atoms. The molecule has 0 aliphatic heterocycles. The molecule has 264 valence electrons. The van der Waals surface area contributed by atoms with Crippen molar-refractivity contribution in [3.05, 3.63) is 46.0 Å². The van der Waals surface area contributed by atoms with E-state index in [4.69, 9.17) is 80.4 Å². The number of rotatable bonds is 0. The van der Waals surface area contributed by atoms with Gasteiger partial charge in [0.15, 0.2) is 0 Å². The van der Waals surface area contributed by atoms with Crippen molar-refractivity contribution in [3.8, 4) is 0 Å². The van der Waals surface area contributed by atoms with E-state index in [0.717, 1.165) is 38.5 Å². The van der Waals surface area contributed by atoms with E-state index in [2.05, 4.69) is 0 Å². The van der Waals surface area contributed by atoms with Gasteiger partial charge < -0.3 is 96.8 Å². The van der Waals surface area contributed by atoms with Gasteiger partial charge in [0.1, 0.15) is 0 Å². The average molecular weight is 1160 g/mol. The minimum atomic E-state index is -1.75. The second-order valence-electron chi connectivity index (χ2n) is 8.51. The molecule has 0 aromatic rings. The topological polar surface area (TPSA) is 445 Å². The van der Waals surface area contributed by atoms with E-state index < -0.39 is 15.3 Å². The zero-order valence-electron chi connectivity index (χ0n) is 22.7. The first-order chi connectivity index (χ1) is 16.6. The van der Waals surface area contributed by atoms with E-state index in [1.54, 1.807) is 0 Å². The standard InChI is InChI=1S/3C6H14N2.3NO3.3H2O.3Pt/c3*7-5-3-1-2-4-6(5)8;3*2-1(3)4;;;;;;/h3*5-6H,1-4,7-8H2;;;;3*1H2;;;/q;;;3*-1;;;;3*+2/p-3. The SMILES string of the molecule is NC1CCCCC1N.NC1CCCCC1N.NC1CCCCC1N.O=[N+]([O-])[O-].O=[N+]([O-])[O-].O=[N+]([O-])[O-].[OH-].[OH-].[OH-].[Pt+2].[Pt+2].[Pt+2]. The van der Waals surface area contributed by atoms with Crippen molar-refractivity contribution in [2.75, 3.05) is 0 Å². The van der Waals surface area contributed by atoms with E-state index in [0.29, 0.717) is 0 Å². The maximum Gasteiger partial charge on any atom is 2.00 e. The zero-order chi connectivity index (χ0) is 28.7. The molecule has 0 bridgehead atoms. The van der Waals surface area contributed by atoms with Crippen LogP contribution in [-0.2, 0) is 63.2 Å². The van der Waals surface area contributed by atoms with Gasteiger partial charge in [0.25, 0.3) is 0 Å². The van der Waals surface area contributed by atoms with Crippen LogP contribution in [0.25, 0.3) is 0 Å². The number of hydrogen-bond donors (Lipinski definition) is 6. The molecule has 3 aliphatic rings. The normalized spacial score (nSPS) is 24.4. The fraction of sp³-hybridized carbons (Fsp3) is 1.00. The molecule has 21 nitrogen and oxygen atoms in total. The van der Waals surface area contributed by atoms with Gasteiger partial charge in [0.2, 0.25) is 0 Å². The molecule has 0 aromatic heterocycles. The first-order valence-electron chi connectivity index (χ1n) is 11.6. The van der Waals surface area contributed by atoms with Crippen molar-refractivity contribution in [1.29, 1.82) is 0 Å². The van der Waals surface area contributed by atoms with Crippen molar-refractivity contribution in [2.45, 2.75) is 113 Å². The van der Waals surface area contributed by atoms with Crippen LogP contribution in [0.2, 0.25) is 0 Å². The van der Waals surface area contributed by atoms with Gasteiger partial charge in [-0.2, -0.15) is 0 Å². The van der Waals surface area contributed by atoms with Gasteiger partial charge in [-0.1, -0.05) is 38.5 Å². The molecule has 0 spiro atoms. The van der Waals surface area contributed by atoms with E-state index in [1.807, 2.05) is 0 Å². The Bertz CT molecular complexity index is 481. The summed E-state index contributed by atoms with van der Waals surface area (Å²) in [5, 5.41) is 44.2. The van der Waals surface area contributed by atoms with Crippen LogP contribution in [0.5, 0.6) is 0 Å². The van der Waals surface area contributed by atoms with E-state index in [-0.39, 0.29) is 116 Å². The summed E-state index contributed by atoms with van der Waals surface area (Å²) >= 11 is 0. The summed E-state index contributed by atoms with van der Waals surface area (Å²) in [6.07, 6.45) is 14.4. The van der Waals surface area contributed by atoms with Crippen LogP contribution in [0, 0.1) is 46.0 Å². The maximum atomic E-state index is 8.25. The van der Waals surface area contributed by atoms with E-state index >= 15 is 0 Å². The molecule has 24 heteroatoms. The predicted octanol–water partition coefficient (Wildman–Crippen LogP) is -0.610. The molecule has 0 heterocycles. The summed E-state index contributed by atoms with van der Waals surface area (Å²) in [6, 6.07) is 1.69. The first-order valence-corrected chi connectivity index (χ1v) is 11.6.